The number of amides is 1. The fourth-order valence-corrected chi connectivity index (χ4v) is 2.85. The van der Waals surface area contributed by atoms with Gasteiger partial charge in [-0.2, -0.15) is 0 Å². The maximum Gasteiger partial charge on any atom is 0.254 e. The average molecular weight is 280 g/mol. The van der Waals surface area contributed by atoms with Gasteiger partial charge in [-0.3, -0.25) is 4.79 Å². The lowest BCUT2D eigenvalue weighted by atomic mass is 9.99. The van der Waals surface area contributed by atoms with Gasteiger partial charge in [0.2, 0.25) is 0 Å². The number of hydrogen-bond acceptors (Lipinski definition) is 2. The van der Waals surface area contributed by atoms with Crippen molar-refractivity contribution < 1.29 is 4.79 Å². The molecule has 21 heavy (non-hydrogen) atoms. The van der Waals surface area contributed by atoms with Gasteiger partial charge in [-0.15, -0.1) is 0 Å². The zero-order valence-electron chi connectivity index (χ0n) is 12.6. The smallest absolute Gasteiger partial charge is 0.254 e. The summed E-state index contributed by atoms with van der Waals surface area (Å²) < 4.78 is 0. The Kier molecular flexibility index (Phi) is 3.42. The summed E-state index contributed by atoms with van der Waals surface area (Å²) in [5.41, 5.74) is 4.18. The van der Waals surface area contributed by atoms with Crippen LogP contribution in [0.4, 0.5) is 11.4 Å². The van der Waals surface area contributed by atoms with Gasteiger partial charge >= 0.3 is 0 Å². The molecule has 2 aromatic carbocycles. The highest BCUT2D eigenvalue weighted by Gasteiger charge is 2.34. The van der Waals surface area contributed by atoms with E-state index in [4.69, 9.17) is 0 Å². The van der Waals surface area contributed by atoms with Crippen LogP contribution in [0.3, 0.4) is 0 Å². The van der Waals surface area contributed by atoms with Crippen LogP contribution in [-0.2, 0) is 4.79 Å². The highest BCUT2D eigenvalue weighted by molar-refractivity contribution is 6.05. The van der Waals surface area contributed by atoms with Gasteiger partial charge in [-0.25, -0.2) is 0 Å². The summed E-state index contributed by atoms with van der Waals surface area (Å²) in [7, 11) is 0. The summed E-state index contributed by atoms with van der Waals surface area (Å²) in [4.78, 5) is 14.8. The highest BCUT2D eigenvalue weighted by atomic mass is 16.2. The van der Waals surface area contributed by atoms with Crippen molar-refractivity contribution in [1.29, 1.82) is 0 Å². The Morgan fingerprint density at radius 3 is 2.48 bits per heavy atom. The first-order valence-corrected chi connectivity index (χ1v) is 7.33. The predicted octanol–water partition coefficient (Wildman–Crippen LogP) is 3.90. The molecule has 1 atom stereocenters. The zero-order valence-corrected chi connectivity index (χ0v) is 12.6. The number of carbonyl (C=O) groups is 1. The molecule has 0 aliphatic carbocycles. The molecule has 0 radical (unpaired) electrons. The molecular formula is C18H20N2O. The second-order valence-corrected chi connectivity index (χ2v) is 5.81. The summed E-state index contributed by atoms with van der Waals surface area (Å²) in [6.45, 7) is 6.17. The third-order valence-corrected chi connectivity index (χ3v) is 3.85. The molecule has 1 amide bonds. The van der Waals surface area contributed by atoms with Gasteiger partial charge in [0, 0.05) is 6.04 Å². The summed E-state index contributed by atoms with van der Waals surface area (Å²) in [5.74, 6) is 0.104. The second kappa shape index (κ2) is 5.24. The van der Waals surface area contributed by atoms with E-state index in [0.29, 0.717) is 0 Å². The zero-order chi connectivity index (χ0) is 15.0. The van der Waals surface area contributed by atoms with Crippen LogP contribution in [0, 0.1) is 6.92 Å². The number of nitrogens with one attached hydrogen (secondary N) is 1. The lowest BCUT2D eigenvalue weighted by Crippen LogP contribution is -2.46. The Morgan fingerprint density at radius 1 is 1.10 bits per heavy atom. The highest BCUT2D eigenvalue weighted by Crippen LogP contribution is 2.38. The summed E-state index contributed by atoms with van der Waals surface area (Å²) in [5, 5.41) is 3.40. The monoisotopic (exact) mass is 280 g/mol. The summed E-state index contributed by atoms with van der Waals surface area (Å²) in [6, 6.07) is 15.9. The average Bonchev–Trinajstić information content (AvgIpc) is 2.47. The first-order valence-electron chi connectivity index (χ1n) is 7.33. The minimum absolute atomic E-state index is 0.104. The molecule has 3 heteroatoms. The van der Waals surface area contributed by atoms with E-state index in [2.05, 4.69) is 32.2 Å². The predicted molar refractivity (Wildman–Crippen MR) is 86.6 cm³/mol. The number of anilines is 2. The standard InChI is InChI=1S/C18H20N2O/c1-12(2)20-16-10-9-13(3)11-15(16)19-17(18(20)21)14-7-5-4-6-8-14/h4-12,17,19H,1-3H3. The van der Waals surface area contributed by atoms with Crippen LogP contribution in [-0.4, -0.2) is 11.9 Å². The van der Waals surface area contributed by atoms with Gasteiger partial charge in [0.05, 0.1) is 11.4 Å². The van der Waals surface area contributed by atoms with E-state index in [1.807, 2.05) is 47.4 Å². The SMILES string of the molecule is Cc1ccc2c(c1)NC(c1ccccc1)C(=O)N2C(C)C. The van der Waals surface area contributed by atoms with Crippen molar-refractivity contribution in [1.82, 2.24) is 0 Å². The van der Waals surface area contributed by atoms with Crippen molar-refractivity contribution in [3.8, 4) is 0 Å². The number of hydrogen-bond donors (Lipinski definition) is 1. The number of carbonyl (C=O) groups excluding carboxylic acids is 1. The van der Waals surface area contributed by atoms with Gasteiger partial charge in [0.15, 0.2) is 0 Å². The Bertz CT molecular complexity index is 664. The van der Waals surface area contributed by atoms with E-state index >= 15 is 0 Å². The molecule has 1 heterocycles. The third-order valence-electron chi connectivity index (χ3n) is 3.85. The summed E-state index contributed by atoms with van der Waals surface area (Å²) in [6.07, 6.45) is 0. The van der Waals surface area contributed by atoms with E-state index < -0.39 is 0 Å². The largest absolute Gasteiger partial charge is 0.368 e. The molecule has 2 aromatic rings. The van der Waals surface area contributed by atoms with Crippen LogP contribution >= 0.6 is 0 Å². The van der Waals surface area contributed by atoms with E-state index in [-0.39, 0.29) is 18.0 Å². The van der Waals surface area contributed by atoms with Crippen molar-refractivity contribution in [2.75, 3.05) is 10.2 Å². The van der Waals surface area contributed by atoms with Crippen LogP contribution < -0.4 is 10.2 Å². The fourth-order valence-electron chi connectivity index (χ4n) is 2.85. The number of fused-ring (bicyclic) bond motifs is 1. The second-order valence-electron chi connectivity index (χ2n) is 5.81. The Balaban J connectivity index is 2.09. The first-order chi connectivity index (χ1) is 10.1. The molecule has 0 aromatic heterocycles. The molecule has 1 N–H and O–H groups in total. The van der Waals surface area contributed by atoms with Crippen molar-refractivity contribution in [2.45, 2.75) is 32.9 Å². The van der Waals surface area contributed by atoms with Gasteiger partial charge < -0.3 is 10.2 Å². The van der Waals surface area contributed by atoms with Crippen LogP contribution in [0.5, 0.6) is 0 Å². The van der Waals surface area contributed by atoms with Gasteiger partial charge in [-0.1, -0.05) is 36.4 Å². The fraction of sp³-hybridized carbons (Fsp3) is 0.278. The lowest BCUT2D eigenvalue weighted by Gasteiger charge is -2.38. The molecule has 1 aliphatic heterocycles. The maximum absolute atomic E-state index is 12.9. The van der Waals surface area contributed by atoms with E-state index in [0.717, 1.165) is 16.9 Å². The molecule has 3 rings (SSSR count). The molecule has 1 unspecified atom stereocenters. The quantitative estimate of drug-likeness (QED) is 0.904. The van der Waals surface area contributed by atoms with Gasteiger partial charge in [0.25, 0.3) is 5.91 Å². The van der Waals surface area contributed by atoms with E-state index in [1.54, 1.807) is 0 Å². The Morgan fingerprint density at radius 2 is 1.81 bits per heavy atom. The summed E-state index contributed by atoms with van der Waals surface area (Å²) >= 11 is 0. The molecule has 0 spiro atoms. The molecule has 0 saturated carbocycles. The Hall–Kier alpha value is -2.29. The molecule has 0 saturated heterocycles. The molecule has 108 valence electrons. The first kappa shape index (κ1) is 13.7. The van der Waals surface area contributed by atoms with Crippen molar-refractivity contribution >= 4 is 17.3 Å². The van der Waals surface area contributed by atoms with Crippen LogP contribution in [0.2, 0.25) is 0 Å². The van der Waals surface area contributed by atoms with Crippen molar-refractivity contribution in [2.24, 2.45) is 0 Å². The molecule has 1 aliphatic rings. The molecule has 3 nitrogen and oxygen atoms in total. The number of benzene rings is 2. The molecule has 0 bridgehead atoms. The van der Waals surface area contributed by atoms with Crippen LogP contribution in [0.15, 0.2) is 48.5 Å². The minimum atomic E-state index is -0.317. The third kappa shape index (κ3) is 2.40. The molecule has 0 fully saturated rings. The van der Waals surface area contributed by atoms with Crippen molar-refractivity contribution in [3.63, 3.8) is 0 Å². The number of nitrogens with zero attached hydrogens (tertiary/aromatic N) is 1. The number of aryl methyl sites for hydroxylation is 1. The van der Waals surface area contributed by atoms with Gasteiger partial charge in [-0.05, 0) is 44.0 Å². The molecular weight excluding hydrogens is 260 g/mol. The van der Waals surface area contributed by atoms with Crippen molar-refractivity contribution in [3.05, 3.63) is 59.7 Å². The normalized spacial score (nSPS) is 17.6. The Labute approximate surface area is 125 Å². The van der Waals surface area contributed by atoms with E-state index in [9.17, 15) is 4.79 Å². The number of rotatable bonds is 2. The maximum atomic E-state index is 12.9. The minimum Gasteiger partial charge on any atom is -0.368 e. The van der Waals surface area contributed by atoms with Crippen LogP contribution in [0.1, 0.15) is 31.0 Å². The van der Waals surface area contributed by atoms with E-state index in [1.165, 1.54) is 5.56 Å². The van der Waals surface area contributed by atoms with Crippen LogP contribution in [0.25, 0.3) is 0 Å². The topological polar surface area (TPSA) is 32.3 Å². The lowest BCUT2D eigenvalue weighted by molar-refractivity contribution is -0.120. The van der Waals surface area contributed by atoms with Gasteiger partial charge in [0.1, 0.15) is 6.04 Å².